The van der Waals surface area contributed by atoms with Crippen molar-refractivity contribution in [2.45, 2.75) is 12.2 Å². The summed E-state index contributed by atoms with van der Waals surface area (Å²) in [5.74, 6) is 0. The van der Waals surface area contributed by atoms with Crippen LogP contribution < -0.4 is 0 Å². The highest BCUT2D eigenvalue weighted by atomic mass is 79.9. The van der Waals surface area contributed by atoms with Crippen LogP contribution in [0, 0.1) is 0 Å². The Morgan fingerprint density at radius 3 is 2.80 bits per heavy atom. The van der Waals surface area contributed by atoms with Crippen molar-refractivity contribution >= 4 is 26.9 Å². The van der Waals surface area contributed by atoms with Crippen LogP contribution in [0.2, 0.25) is 0 Å². The number of rotatable bonds is 3. The molecule has 3 nitrogen and oxygen atoms in total. The van der Waals surface area contributed by atoms with Crippen LogP contribution >= 0.6 is 15.9 Å². The Kier molecular flexibility index (Phi) is 3.09. The minimum Gasteiger partial charge on any atom is -0.464 e. The Morgan fingerprint density at radius 2 is 2.07 bits per heavy atom. The molecule has 2 unspecified atom stereocenters. The first-order valence-corrected chi connectivity index (χ1v) is 5.74. The van der Waals surface area contributed by atoms with Gasteiger partial charge in [-0.15, -0.1) is 0 Å². The van der Waals surface area contributed by atoms with Gasteiger partial charge in [-0.3, -0.25) is 0 Å². The van der Waals surface area contributed by atoms with Gasteiger partial charge in [0.15, 0.2) is 0 Å². The van der Waals surface area contributed by atoms with Crippen molar-refractivity contribution in [3.05, 3.63) is 36.1 Å². The maximum absolute atomic E-state index is 9.78. The standard InChI is InChI=1S/C11H11BrO3/c12-6-9(13)11(14)8-1-2-10-7(5-8)3-4-15-10/h1-5,9,11,13-14H,6H2. The van der Waals surface area contributed by atoms with Crippen LogP contribution in [0.15, 0.2) is 34.9 Å². The highest BCUT2D eigenvalue weighted by Crippen LogP contribution is 2.23. The molecule has 2 rings (SSSR count). The van der Waals surface area contributed by atoms with E-state index in [4.69, 9.17) is 4.42 Å². The van der Waals surface area contributed by atoms with Gasteiger partial charge in [0.2, 0.25) is 0 Å². The van der Waals surface area contributed by atoms with Gasteiger partial charge in [-0.25, -0.2) is 0 Å². The normalized spacial score (nSPS) is 15.4. The molecule has 1 aromatic carbocycles. The van der Waals surface area contributed by atoms with E-state index in [1.807, 2.05) is 12.1 Å². The zero-order valence-corrected chi connectivity index (χ0v) is 9.52. The van der Waals surface area contributed by atoms with Crippen molar-refractivity contribution in [1.82, 2.24) is 0 Å². The van der Waals surface area contributed by atoms with E-state index in [-0.39, 0.29) is 0 Å². The molecule has 4 heteroatoms. The van der Waals surface area contributed by atoms with Crippen molar-refractivity contribution in [2.24, 2.45) is 0 Å². The third-order valence-corrected chi connectivity index (χ3v) is 3.00. The molecule has 0 aliphatic heterocycles. The van der Waals surface area contributed by atoms with Gasteiger partial charge < -0.3 is 14.6 Å². The van der Waals surface area contributed by atoms with Crippen molar-refractivity contribution in [3.8, 4) is 0 Å². The molecule has 0 amide bonds. The summed E-state index contributed by atoms with van der Waals surface area (Å²) in [4.78, 5) is 0. The summed E-state index contributed by atoms with van der Waals surface area (Å²) >= 11 is 3.13. The first-order chi connectivity index (χ1) is 7.22. The third kappa shape index (κ3) is 2.07. The topological polar surface area (TPSA) is 53.6 Å². The summed E-state index contributed by atoms with van der Waals surface area (Å²) < 4.78 is 5.19. The summed E-state index contributed by atoms with van der Waals surface area (Å²) in [6, 6.07) is 7.18. The number of hydrogen-bond acceptors (Lipinski definition) is 3. The van der Waals surface area contributed by atoms with Gasteiger partial charge in [0.1, 0.15) is 11.7 Å². The lowest BCUT2D eigenvalue weighted by Crippen LogP contribution is -2.19. The molecule has 0 radical (unpaired) electrons. The SMILES string of the molecule is OC(CBr)C(O)c1ccc2occc2c1. The Morgan fingerprint density at radius 1 is 1.27 bits per heavy atom. The van der Waals surface area contributed by atoms with Gasteiger partial charge >= 0.3 is 0 Å². The fourth-order valence-electron chi connectivity index (χ4n) is 1.48. The minimum absolute atomic E-state index is 0.345. The van der Waals surface area contributed by atoms with Gasteiger partial charge in [0, 0.05) is 10.7 Å². The lowest BCUT2D eigenvalue weighted by Gasteiger charge is -2.15. The number of fused-ring (bicyclic) bond motifs is 1. The first kappa shape index (κ1) is 10.7. The predicted molar refractivity (Wildman–Crippen MR) is 61.0 cm³/mol. The molecular weight excluding hydrogens is 260 g/mol. The van der Waals surface area contributed by atoms with E-state index in [2.05, 4.69) is 15.9 Å². The van der Waals surface area contributed by atoms with Crippen LogP contribution in [-0.4, -0.2) is 21.6 Å². The van der Waals surface area contributed by atoms with Gasteiger partial charge in [-0.05, 0) is 23.8 Å². The predicted octanol–water partition coefficient (Wildman–Crippen LogP) is 2.22. The first-order valence-electron chi connectivity index (χ1n) is 4.61. The van der Waals surface area contributed by atoms with Gasteiger partial charge in [-0.1, -0.05) is 22.0 Å². The second kappa shape index (κ2) is 4.35. The van der Waals surface area contributed by atoms with E-state index < -0.39 is 12.2 Å². The number of benzene rings is 1. The van der Waals surface area contributed by atoms with E-state index >= 15 is 0 Å². The molecule has 2 atom stereocenters. The maximum atomic E-state index is 9.78. The zero-order valence-electron chi connectivity index (χ0n) is 7.93. The second-order valence-electron chi connectivity index (χ2n) is 3.38. The number of aliphatic hydroxyl groups excluding tert-OH is 2. The largest absolute Gasteiger partial charge is 0.464 e. The van der Waals surface area contributed by atoms with E-state index in [1.54, 1.807) is 18.4 Å². The van der Waals surface area contributed by atoms with Crippen molar-refractivity contribution in [3.63, 3.8) is 0 Å². The van der Waals surface area contributed by atoms with Crippen LogP contribution in [0.4, 0.5) is 0 Å². The van der Waals surface area contributed by atoms with Gasteiger partial charge in [-0.2, -0.15) is 0 Å². The summed E-state index contributed by atoms with van der Waals surface area (Å²) in [5.41, 5.74) is 1.47. The number of hydrogen-bond donors (Lipinski definition) is 2. The van der Waals surface area contributed by atoms with Gasteiger partial charge in [0.25, 0.3) is 0 Å². The summed E-state index contributed by atoms with van der Waals surface area (Å²) in [7, 11) is 0. The quantitative estimate of drug-likeness (QED) is 0.841. The highest BCUT2D eigenvalue weighted by molar-refractivity contribution is 9.09. The molecule has 1 heterocycles. The van der Waals surface area contributed by atoms with Crippen molar-refractivity contribution in [1.29, 1.82) is 0 Å². The third-order valence-electron chi connectivity index (χ3n) is 2.34. The number of aliphatic hydroxyl groups is 2. The minimum atomic E-state index is -0.872. The van der Waals surface area contributed by atoms with Crippen LogP contribution in [0.1, 0.15) is 11.7 Å². The average Bonchev–Trinajstić information content (AvgIpc) is 2.73. The molecule has 0 saturated heterocycles. The van der Waals surface area contributed by atoms with E-state index in [1.165, 1.54) is 0 Å². The fourth-order valence-corrected chi connectivity index (χ4v) is 1.83. The summed E-state index contributed by atoms with van der Waals surface area (Å²) in [6.45, 7) is 0. The molecule has 0 aliphatic carbocycles. The molecule has 0 saturated carbocycles. The summed E-state index contributed by atoms with van der Waals surface area (Å²) in [6.07, 6.45) is -0.0695. The molecule has 2 aromatic rings. The van der Waals surface area contributed by atoms with E-state index in [0.29, 0.717) is 10.9 Å². The lowest BCUT2D eigenvalue weighted by atomic mass is 10.0. The molecule has 0 spiro atoms. The number of alkyl halides is 1. The van der Waals surface area contributed by atoms with Crippen LogP contribution in [-0.2, 0) is 0 Å². The van der Waals surface area contributed by atoms with E-state index in [9.17, 15) is 10.2 Å². The van der Waals surface area contributed by atoms with Crippen molar-refractivity contribution < 1.29 is 14.6 Å². The average molecular weight is 271 g/mol. The summed E-state index contributed by atoms with van der Waals surface area (Å²) in [5, 5.41) is 20.5. The van der Waals surface area contributed by atoms with Crippen molar-refractivity contribution in [2.75, 3.05) is 5.33 Å². The Bertz CT molecular complexity index is 452. The molecule has 15 heavy (non-hydrogen) atoms. The Balaban J connectivity index is 2.35. The van der Waals surface area contributed by atoms with Crippen LogP contribution in [0.5, 0.6) is 0 Å². The molecule has 2 N–H and O–H groups in total. The smallest absolute Gasteiger partial charge is 0.133 e. The molecule has 1 aromatic heterocycles. The molecule has 80 valence electrons. The molecular formula is C11H11BrO3. The number of furan rings is 1. The molecule has 0 fully saturated rings. The van der Waals surface area contributed by atoms with Gasteiger partial charge in [0.05, 0.1) is 12.4 Å². The highest BCUT2D eigenvalue weighted by Gasteiger charge is 2.17. The zero-order chi connectivity index (χ0) is 10.8. The second-order valence-corrected chi connectivity index (χ2v) is 4.03. The Hall–Kier alpha value is -0.840. The monoisotopic (exact) mass is 270 g/mol. The van der Waals surface area contributed by atoms with E-state index in [0.717, 1.165) is 11.0 Å². The number of halogens is 1. The van der Waals surface area contributed by atoms with Crippen LogP contribution in [0.25, 0.3) is 11.0 Å². The van der Waals surface area contributed by atoms with Crippen LogP contribution in [0.3, 0.4) is 0 Å². The lowest BCUT2D eigenvalue weighted by molar-refractivity contribution is 0.0343. The maximum Gasteiger partial charge on any atom is 0.133 e. The molecule has 0 aliphatic rings. The fraction of sp³-hybridized carbons (Fsp3) is 0.273. The molecule has 0 bridgehead atoms. The Labute approximate surface area is 95.5 Å².